The average molecular weight is 636 g/mol. The van der Waals surface area contributed by atoms with Crippen LogP contribution in [0.1, 0.15) is 0 Å². The van der Waals surface area contributed by atoms with Crippen LogP contribution in [-0.2, 0) is 0 Å². The molecule has 0 bridgehead atoms. The Morgan fingerprint density at radius 2 is 0.956 bits per heavy atom. The van der Waals surface area contributed by atoms with Gasteiger partial charge in [-0.3, -0.25) is 0 Å². The van der Waals surface area contributed by atoms with E-state index in [1.165, 1.54) is 75.0 Å². The fourth-order valence-electron chi connectivity index (χ4n) is 7.23. The van der Waals surface area contributed by atoms with Crippen LogP contribution in [0.25, 0.3) is 41.5 Å². The minimum Gasteiger partial charge on any atom is -0.0617 e. The van der Waals surface area contributed by atoms with Gasteiger partial charge in [0.15, 0.2) is 0 Å². The van der Waals surface area contributed by atoms with Crippen LogP contribution in [0, 0.1) is 0 Å². The van der Waals surface area contributed by atoms with E-state index in [1.807, 2.05) is 0 Å². The smallest absolute Gasteiger partial charge is 0.0617 e. The normalized spacial score (nSPS) is 12.4. The van der Waals surface area contributed by atoms with Crippen LogP contribution < -0.4 is 21.3 Å². The van der Waals surface area contributed by atoms with Gasteiger partial charge in [-0.2, -0.15) is 0 Å². The van der Waals surface area contributed by atoms with Crippen molar-refractivity contribution in [2.24, 2.45) is 0 Å². The predicted octanol–water partition coefficient (Wildman–Crippen LogP) is 8.68. The van der Waals surface area contributed by atoms with Crippen LogP contribution in [0.15, 0.2) is 170 Å². The Morgan fingerprint density at radius 3 is 1.60 bits per heavy atom. The summed E-state index contributed by atoms with van der Waals surface area (Å²) in [6, 6.07) is 62.6. The Kier molecular flexibility index (Phi) is 6.33. The summed E-state index contributed by atoms with van der Waals surface area (Å²) in [5, 5.41) is 2.76. The molecule has 2 heterocycles. The van der Waals surface area contributed by atoms with Crippen molar-refractivity contribution in [3.05, 3.63) is 170 Å². The van der Waals surface area contributed by atoms with Crippen LogP contribution >= 0.6 is 0 Å². The number of nitrogens with zero attached hydrogens (tertiary/aromatic N) is 1. The number of hydrogen-bond acceptors (Lipinski definition) is 1. The zero-order valence-corrected chi connectivity index (χ0v) is 26.3. The first kappa shape index (κ1) is 26.3. The second-order valence-corrected chi connectivity index (χ2v) is 13.9. The van der Waals surface area contributed by atoms with Gasteiger partial charge in [0.25, 0.3) is 0 Å². The molecule has 0 spiro atoms. The molecule has 210 valence electrons. The fourth-order valence-corrected chi connectivity index (χ4v) is 9.50. The van der Waals surface area contributed by atoms with Crippen molar-refractivity contribution < 1.29 is 0 Å². The van der Waals surface area contributed by atoms with Gasteiger partial charge in [-0.1, -0.05) is 36.4 Å². The first-order chi connectivity index (χ1) is 22.3. The van der Waals surface area contributed by atoms with Crippen molar-refractivity contribution >= 4 is 74.0 Å². The van der Waals surface area contributed by atoms with E-state index in [4.69, 9.17) is 0 Å². The molecule has 9 rings (SSSR count). The summed E-state index contributed by atoms with van der Waals surface area (Å²) in [6.07, 6.45) is 0. The van der Waals surface area contributed by atoms with Crippen LogP contribution in [0.3, 0.4) is 0 Å². The van der Waals surface area contributed by atoms with Gasteiger partial charge in [-0.25, -0.2) is 0 Å². The summed E-state index contributed by atoms with van der Waals surface area (Å²) >= 11 is 0.349. The second kappa shape index (κ2) is 10.8. The maximum absolute atomic E-state index is 2.49. The Bertz CT molecular complexity index is 2240. The molecule has 0 aliphatic carbocycles. The van der Waals surface area contributed by atoms with Crippen molar-refractivity contribution in [3.63, 3.8) is 0 Å². The average Bonchev–Trinajstić information content (AvgIpc) is 3.49. The molecular weight excluding hydrogens is 608 g/mol. The number of rotatable bonds is 4. The Hall–Kier alpha value is -5.08. The third kappa shape index (κ3) is 4.31. The summed E-state index contributed by atoms with van der Waals surface area (Å²) in [7, 11) is 0. The molecule has 0 N–H and O–H groups in total. The minimum atomic E-state index is 0.0544. The van der Waals surface area contributed by atoms with Crippen LogP contribution in [0.2, 0.25) is 0 Å². The molecule has 0 radical (unpaired) electrons. The molecule has 1 nitrogen and oxygen atoms in total. The molecule has 8 aromatic rings. The fraction of sp³-hybridized carbons (Fsp3) is 0. The standard InChI is InChI=1S/C42H28BNSe/c1-3-14-29(15-4-1)32-19-13-20-33(30-16-5-2-6-17-30)42(32)43-36-21-8-10-23-38(36)44(39-24-11-9-22-37(39)43)31-26-27-41-35(28-31)34-18-7-12-25-40(34)45-41/h1-28H. The zero-order valence-electron chi connectivity index (χ0n) is 24.6. The summed E-state index contributed by atoms with van der Waals surface area (Å²) in [5.41, 5.74) is 12.7. The zero-order chi connectivity index (χ0) is 29.7. The van der Waals surface area contributed by atoms with Gasteiger partial charge in [0.2, 0.25) is 0 Å². The van der Waals surface area contributed by atoms with Crippen molar-refractivity contribution in [1.82, 2.24) is 0 Å². The van der Waals surface area contributed by atoms with E-state index in [2.05, 4.69) is 175 Å². The van der Waals surface area contributed by atoms with Crippen LogP contribution in [-0.4, -0.2) is 21.2 Å². The molecule has 1 aromatic heterocycles. The van der Waals surface area contributed by atoms with Gasteiger partial charge >= 0.3 is 235 Å². The van der Waals surface area contributed by atoms with E-state index in [1.54, 1.807) is 0 Å². The van der Waals surface area contributed by atoms with Crippen LogP contribution in [0.4, 0.5) is 17.1 Å². The third-order valence-electron chi connectivity index (χ3n) is 9.16. The second-order valence-electron chi connectivity index (χ2n) is 11.7. The van der Waals surface area contributed by atoms with Crippen molar-refractivity contribution in [2.45, 2.75) is 0 Å². The van der Waals surface area contributed by atoms with Crippen LogP contribution in [0.5, 0.6) is 0 Å². The number of hydrogen-bond donors (Lipinski definition) is 0. The molecule has 3 heteroatoms. The molecule has 0 amide bonds. The van der Waals surface area contributed by atoms with Gasteiger partial charge in [0, 0.05) is 0 Å². The Balaban J connectivity index is 1.32. The SMILES string of the molecule is c1ccc(-c2cccc(-c3ccccc3)c2B2c3ccccc3N(c3ccc4[se]c5ccccc5c4c3)c3ccccc32)cc1. The molecule has 7 aromatic carbocycles. The molecule has 1 aliphatic rings. The quantitative estimate of drug-likeness (QED) is 0.175. The maximum atomic E-state index is 2.49. The number of para-hydroxylation sites is 2. The third-order valence-corrected chi connectivity index (χ3v) is 11.6. The first-order valence-corrected chi connectivity index (χ1v) is 17.2. The van der Waals surface area contributed by atoms with E-state index < -0.39 is 0 Å². The van der Waals surface area contributed by atoms with Crippen molar-refractivity contribution in [2.75, 3.05) is 4.90 Å². The predicted molar refractivity (Wildman–Crippen MR) is 195 cm³/mol. The molecule has 45 heavy (non-hydrogen) atoms. The topological polar surface area (TPSA) is 3.24 Å². The van der Waals surface area contributed by atoms with Gasteiger partial charge in [-0.05, 0) is 0 Å². The van der Waals surface area contributed by atoms with Gasteiger partial charge in [0.05, 0.1) is 0 Å². The van der Waals surface area contributed by atoms with Crippen molar-refractivity contribution in [3.8, 4) is 22.3 Å². The summed E-state index contributed by atoms with van der Waals surface area (Å²) in [6.45, 7) is 0.0544. The Labute approximate surface area is 269 Å². The number of fused-ring (bicyclic) bond motifs is 5. The van der Waals surface area contributed by atoms with E-state index in [0.717, 1.165) is 0 Å². The van der Waals surface area contributed by atoms with Gasteiger partial charge in [0.1, 0.15) is 0 Å². The van der Waals surface area contributed by atoms with E-state index >= 15 is 0 Å². The molecule has 0 atom stereocenters. The molecule has 1 aliphatic heterocycles. The molecule has 0 unspecified atom stereocenters. The molecular formula is C42H28BNSe. The minimum absolute atomic E-state index is 0.0544. The van der Waals surface area contributed by atoms with E-state index in [0.29, 0.717) is 14.5 Å². The number of anilines is 3. The molecule has 0 fully saturated rings. The summed E-state index contributed by atoms with van der Waals surface area (Å²) in [5.74, 6) is 0. The summed E-state index contributed by atoms with van der Waals surface area (Å²) < 4.78 is 2.94. The van der Waals surface area contributed by atoms with E-state index in [9.17, 15) is 0 Å². The monoisotopic (exact) mass is 637 g/mol. The van der Waals surface area contributed by atoms with Gasteiger partial charge < -0.3 is 0 Å². The first-order valence-electron chi connectivity index (χ1n) is 15.5. The van der Waals surface area contributed by atoms with Crippen molar-refractivity contribution in [1.29, 1.82) is 0 Å². The molecule has 0 saturated carbocycles. The Morgan fingerprint density at radius 1 is 0.422 bits per heavy atom. The molecule has 0 saturated heterocycles. The number of benzene rings is 7. The van der Waals surface area contributed by atoms with Gasteiger partial charge in [-0.15, -0.1) is 0 Å². The summed E-state index contributed by atoms with van der Waals surface area (Å²) in [4.78, 5) is 2.49. The van der Waals surface area contributed by atoms with E-state index in [-0.39, 0.29) is 6.71 Å².